The summed E-state index contributed by atoms with van der Waals surface area (Å²) in [6, 6.07) is 21.5. The summed E-state index contributed by atoms with van der Waals surface area (Å²) in [7, 11) is 1.58. The van der Waals surface area contributed by atoms with Gasteiger partial charge in [0.15, 0.2) is 0 Å². The Morgan fingerprint density at radius 1 is 0.927 bits per heavy atom. The van der Waals surface area contributed by atoms with Gasteiger partial charge in [-0.05, 0) is 66.4 Å². The van der Waals surface area contributed by atoms with Crippen molar-refractivity contribution in [3.63, 3.8) is 0 Å². The van der Waals surface area contributed by atoms with Crippen molar-refractivity contribution in [1.82, 2.24) is 9.80 Å². The number of hydrogen-bond acceptors (Lipinski definition) is 7. The second kappa shape index (κ2) is 13.0. The van der Waals surface area contributed by atoms with Gasteiger partial charge >= 0.3 is 0 Å². The molecule has 214 valence electrons. The smallest absolute Gasteiger partial charge is 0.295 e. The van der Waals surface area contributed by atoms with Crippen molar-refractivity contribution in [3.05, 3.63) is 101 Å². The molecule has 2 saturated heterocycles. The molecule has 1 unspecified atom stereocenters. The van der Waals surface area contributed by atoms with Crippen molar-refractivity contribution in [1.29, 1.82) is 0 Å². The zero-order valence-corrected chi connectivity index (χ0v) is 23.5. The molecule has 5 rings (SSSR count). The Balaban J connectivity index is 1.39. The average molecular weight is 557 g/mol. The van der Waals surface area contributed by atoms with Crippen LogP contribution in [0, 0.1) is 6.92 Å². The molecule has 3 aromatic carbocycles. The minimum absolute atomic E-state index is 0.0834. The lowest BCUT2D eigenvalue weighted by atomic mass is 9.95. The summed E-state index contributed by atoms with van der Waals surface area (Å²) < 4.78 is 16.7. The molecule has 3 aromatic rings. The maximum atomic E-state index is 13.4. The monoisotopic (exact) mass is 556 g/mol. The number of hydrogen-bond donors (Lipinski definition) is 1. The van der Waals surface area contributed by atoms with Crippen LogP contribution in [0.3, 0.4) is 0 Å². The van der Waals surface area contributed by atoms with E-state index in [0.717, 1.165) is 36.3 Å². The van der Waals surface area contributed by atoms with Crippen LogP contribution >= 0.6 is 0 Å². The molecule has 8 heteroatoms. The highest BCUT2D eigenvalue weighted by atomic mass is 16.5. The number of carbonyl (C=O) groups excluding carboxylic acids is 2. The summed E-state index contributed by atoms with van der Waals surface area (Å²) in [5.74, 6) is -0.188. The van der Waals surface area contributed by atoms with E-state index in [1.54, 1.807) is 48.4 Å². The molecule has 1 atom stereocenters. The van der Waals surface area contributed by atoms with Gasteiger partial charge in [-0.15, -0.1) is 0 Å². The number of amides is 1. The molecule has 0 spiro atoms. The number of morpholine rings is 1. The molecule has 41 heavy (non-hydrogen) atoms. The lowest BCUT2D eigenvalue weighted by molar-refractivity contribution is -0.140. The maximum Gasteiger partial charge on any atom is 0.295 e. The van der Waals surface area contributed by atoms with Crippen molar-refractivity contribution in [2.75, 3.05) is 46.5 Å². The fourth-order valence-corrected chi connectivity index (χ4v) is 5.33. The summed E-state index contributed by atoms with van der Waals surface area (Å²) in [5.41, 5.74) is 3.50. The van der Waals surface area contributed by atoms with Gasteiger partial charge in [0.1, 0.15) is 23.9 Å². The summed E-state index contributed by atoms with van der Waals surface area (Å²) >= 11 is 0. The van der Waals surface area contributed by atoms with Crippen molar-refractivity contribution >= 4 is 17.4 Å². The van der Waals surface area contributed by atoms with Gasteiger partial charge in [-0.3, -0.25) is 14.5 Å². The van der Waals surface area contributed by atoms with Gasteiger partial charge < -0.3 is 24.2 Å². The van der Waals surface area contributed by atoms with E-state index in [1.807, 2.05) is 43.3 Å². The first-order valence-corrected chi connectivity index (χ1v) is 14.0. The Bertz CT molecular complexity index is 1390. The van der Waals surface area contributed by atoms with Crippen molar-refractivity contribution in [2.45, 2.75) is 26.0 Å². The molecule has 2 aliphatic rings. The summed E-state index contributed by atoms with van der Waals surface area (Å²) in [6.07, 6.45) is 0.701. The van der Waals surface area contributed by atoms with E-state index in [9.17, 15) is 14.7 Å². The Morgan fingerprint density at radius 3 is 2.29 bits per heavy atom. The molecule has 2 heterocycles. The van der Waals surface area contributed by atoms with Gasteiger partial charge in [-0.1, -0.05) is 36.4 Å². The van der Waals surface area contributed by atoms with E-state index >= 15 is 0 Å². The van der Waals surface area contributed by atoms with E-state index in [1.165, 1.54) is 0 Å². The van der Waals surface area contributed by atoms with E-state index in [2.05, 4.69) is 4.90 Å². The van der Waals surface area contributed by atoms with E-state index < -0.39 is 17.7 Å². The quantitative estimate of drug-likeness (QED) is 0.220. The second-order valence-corrected chi connectivity index (χ2v) is 10.3. The Morgan fingerprint density at radius 2 is 1.61 bits per heavy atom. The van der Waals surface area contributed by atoms with Crippen molar-refractivity contribution < 1.29 is 28.9 Å². The SMILES string of the molecule is COc1ccc(C2C(=C(O)c3ccc(OCc4ccccc4C)cc3)C(=O)C(=O)N2CCCN2CCOCC2)cc1. The fraction of sp³-hybridized carbons (Fsp3) is 0.333. The van der Waals surface area contributed by atoms with Gasteiger partial charge in [0, 0.05) is 31.7 Å². The van der Waals surface area contributed by atoms with Crippen LogP contribution in [0.1, 0.15) is 34.7 Å². The predicted octanol–water partition coefficient (Wildman–Crippen LogP) is 4.73. The molecule has 2 aliphatic heterocycles. The van der Waals surface area contributed by atoms with Crippen LogP contribution in [0.2, 0.25) is 0 Å². The lowest BCUT2D eigenvalue weighted by Gasteiger charge is -2.29. The number of likely N-dealkylation sites (tertiary alicyclic amines) is 1. The van der Waals surface area contributed by atoms with Crippen LogP contribution < -0.4 is 9.47 Å². The molecule has 1 amide bonds. The van der Waals surface area contributed by atoms with Gasteiger partial charge in [0.2, 0.25) is 0 Å². The number of carbonyl (C=O) groups is 2. The lowest BCUT2D eigenvalue weighted by Crippen LogP contribution is -2.38. The fourth-order valence-electron chi connectivity index (χ4n) is 5.33. The molecule has 2 fully saturated rings. The first-order valence-electron chi connectivity index (χ1n) is 14.0. The molecule has 1 N–H and O–H groups in total. The Kier molecular flexibility index (Phi) is 9.01. The zero-order chi connectivity index (χ0) is 28.8. The first-order chi connectivity index (χ1) is 20.0. The molecule has 0 saturated carbocycles. The molecule has 0 radical (unpaired) electrons. The summed E-state index contributed by atoms with van der Waals surface area (Å²) in [5, 5.41) is 11.4. The molecule has 0 aromatic heterocycles. The van der Waals surface area contributed by atoms with Crippen LogP contribution in [0.15, 0.2) is 78.4 Å². The minimum atomic E-state index is -0.706. The Hall–Kier alpha value is -4.14. The summed E-state index contributed by atoms with van der Waals surface area (Å²) in [4.78, 5) is 30.5. The number of Topliss-reactive ketones (excluding diaryl/α,β-unsaturated/α-hetero) is 1. The number of ether oxygens (including phenoxy) is 3. The van der Waals surface area contributed by atoms with Gasteiger partial charge in [0.25, 0.3) is 11.7 Å². The van der Waals surface area contributed by atoms with Crippen molar-refractivity contribution in [2.24, 2.45) is 0 Å². The molecular formula is C33H36N2O6. The highest BCUT2D eigenvalue weighted by Gasteiger charge is 2.45. The molecule has 8 nitrogen and oxygen atoms in total. The van der Waals surface area contributed by atoms with Crippen LogP contribution in [-0.2, 0) is 20.9 Å². The topological polar surface area (TPSA) is 88.5 Å². The van der Waals surface area contributed by atoms with E-state index in [0.29, 0.717) is 49.8 Å². The number of methoxy groups -OCH3 is 1. The normalized spacial score (nSPS) is 19.0. The van der Waals surface area contributed by atoms with Crippen LogP contribution in [-0.4, -0.2) is 73.1 Å². The van der Waals surface area contributed by atoms with Crippen LogP contribution in [0.4, 0.5) is 0 Å². The first kappa shape index (κ1) is 28.4. The minimum Gasteiger partial charge on any atom is -0.507 e. The summed E-state index contributed by atoms with van der Waals surface area (Å²) in [6.45, 7) is 6.75. The standard InChI is InChI=1S/C33H36N2O6/c1-23-6-3-4-7-26(23)22-41-28-14-10-25(11-15-28)31(36)29-30(24-8-12-27(39-2)13-9-24)35(33(38)32(29)37)17-5-16-34-18-20-40-21-19-34/h3-4,6-15,30,36H,5,16-22H2,1-2H3. The van der Waals surface area contributed by atoms with Crippen molar-refractivity contribution in [3.8, 4) is 11.5 Å². The third-order valence-electron chi connectivity index (χ3n) is 7.73. The van der Waals surface area contributed by atoms with E-state index in [4.69, 9.17) is 14.2 Å². The number of aliphatic hydroxyl groups is 1. The third-order valence-corrected chi connectivity index (χ3v) is 7.73. The number of benzene rings is 3. The largest absolute Gasteiger partial charge is 0.507 e. The molecular weight excluding hydrogens is 520 g/mol. The second-order valence-electron chi connectivity index (χ2n) is 10.3. The Labute approximate surface area is 240 Å². The highest BCUT2D eigenvalue weighted by molar-refractivity contribution is 6.46. The zero-order valence-electron chi connectivity index (χ0n) is 23.5. The van der Waals surface area contributed by atoms with Gasteiger partial charge in [0.05, 0.1) is 31.9 Å². The average Bonchev–Trinajstić information content (AvgIpc) is 3.26. The number of aliphatic hydroxyl groups excluding tert-OH is 1. The van der Waals surface area contributed by atoms with Crippen LogP contribution in [0.25, 0.3) is 5.76 Å². The number of ketones is 1. The maximum absolute atomic E-state index is 13.4. The van der Waals surface area contributed by atoms with Gasteiger partial charge in [-0.25, -0.2) is 0 Å². The predicted molar refractivity (Wildman–Crippen MR) is 156 cm³/mol. The number of nitrogens with zero attached hydrogens (tertiary/aromatic N) is 2. The molecule has 0 aliphatic carbocycles. The number of rotatable bonds is 10. The third kappa shape index (κ3) is 6.45. The van der Waals surface area contributed by atoms with E-state index in [-0.39, 0.29) is 11.3 Å². The van der Waals surface area contributed by atoms with Gasteiger partial charge in [-0.2, -0.15) is 0 Å². The highest BCUT2D eigenvalue weighted by Crippen LogP contribution is 2.40. The molecule has 0 bridgehead atoms. The van der Waals surface area contributed by atoms with Crippen LogP contribution in [0.5, 0.6) is 11.5 Å². The number of aryl methyl sites for hydroxylation is 1.